The second-order valence-corrected chi connectivity index (χ2v) is 4.37. The largest absolute Gasteiger partial charge is 0.364 e. The fourth-order valence-corrected chi connectivity index (χ4v) is 2.21. The zero-order valence-corrected chi connectivity index (χ0v) is 10.5. The smallest absolute Gasteiger partial charge is 0.358 e. The van der Waals surface area contributed by atoms with Crippen LogP contribution in [0.5, 0.6) is 0 Å². The molecule has 0 aliphatic rings. The third-order valence-corrected chi connectivity index (χ3v) is 3.14. The molecule has 1 N–H and O–H groups in total. The number of nitro groups is 3. The van der Waals surface area contributed by atoms with Crippen molar-refractivity contribution in [2.75, 3.05) is 0 Å². The molecule has 0 bridgehead atoms. The van der Waals surface area contributed by atoms with Crippen molar-refractivity contribution in [1.82, 2.24) is 9.97 Å². The second kappa shape index (κ2) is 4.44. The number of aromatic nitrogens is 2. The van der Waals surface area contributed by atoms with Crippen LogP contribution in [-0.2, 0) is 0 Å². The van der Waals surface area contributed by atoms with Gasteiger partial charge in [0.05, 0.1) is 21.4 Å². The van der Waals surface area contributed by atoms with Crippen molar-refractivity contribution >= 4 is 39.0 Å². The van der Waals surface area contributed by atoms with Crippen LogP contribution in [0, 0.1) is 30.3 Å². The van der Waals surface area contributed by atoms with Crippen molar-refractivity contribution in [2.45, 2.75) is 0 Å². The number of rotatable bonds is 3. The highest BCUT2D eigenvalue weighted by Crippen LogP contribution is 2.36. The van der Waals surface area contributed by atoms with Crippen molar-refractivity contribution in [3.63, 3.8) is 0 Å². The summed E-state index contributed by atoms with van der Waals surface area (Å²) < 4.78 is 0. The van der Waals surface area contributed by atoms with Crippen LogP contribution >= 0.6 is 0 Å². The fourth-order valence-electron chi connectivity index (χ4n) is 2.21. The van der Waals surface area contributed by atoms with Gasteiger partial charge in [-0.3, -0.25) is 20.2 Å². The lowest BCUT2D eigenvalue weighted by Gasteiger charge is -1.96. The Balaban J connectivity index is 2.47. The first-order valence-electron chi connectivity index (χ1n) is 5.77. The van der Waals surface area contributed by atoms with E-state index in [9.17, 15) is 30.3 Å². The number of H-pyrrole nitrogens is 1. The lowest BCUT2D eigenvalue weighted by molar-refractivity contribution is -0.393. The van der Waals surface area contributed by atoms with Gasteiger partial charge < -0.3 is 15.1 Å². The summed E-state index contributed by atoms with van der Waals surface area (Å²) in [5.41, 5.74) is -0.597. The summed E-state index contributed by atoms with van der Waals surface area (Å²) in [6.07, 6.45) is 1.16. The Hall–Kier alpha value is -3.63. The van der Waals surface area contributed by atoms with Gasteiger partial charge >= 0.3 is 5.82 Å². The summed E-state index contributed by atoms with van der Waals surface area (Å²) in [6.45, 7) is 0. The number of non-ortho nitro benzene ring substituents is 2. The van der Waals surface area contributed by atoms with Crippen LogP contribution in [0.1, 0.15) is 0 Å². The van der Waals surface area contributed by atoms with Gasteiger partial charge in [-0.2, -0.15) is 0 Å². The van der Waals surface area contributed by atoms with Crippen LogP contribution in [0.15, 0.2) is 24.4 Å². The van der Waals surface area contributed by atoms with Crippen molar-refractivity contribution in [3.05, 3.63) is 54.7 Å². The number of nitrogens with zero attached hydrogens (tertiary/aromatic N) is 4. The minimum absolute atomic E-state index is 0.0490. The number of fused-ring (bicyclic) bond motifs is 3. The Bertz CT molecular complexity index is 978. The summed E-state index contributed by atoms with van der Waals surface area (Å²) in [5.74, 6) is -0.456. The third-order valence-electron chi connectivity index (χ3n) is 3.14. The molecule has 2 heterocycles. The van der Waals surface area contributed by atoms with Gasteiger partial charge in [-0.15, -0.1) is 0 Å². The maximum Gasteiger partial charge on any atom is 0.364 e. The van der Waals surface area contributed by atoms with E-state index in [1.54, 1.807) is 0 Å². The molecule has 0 atom stereocenters. The summed E-state index contributed by atoms with van der Waals surface area (Å²) >= 11 is 0. The molecule has 3 aromatic rings. The third kappa shape index (κ3) is 1.88. The Morgan fingerprint density at radius 2 is 1.64 bits per heavy atom. The standard InChI is InChI=1S/C11H5N5O6/c17-14(18)5-1-7-6-3-10(16(21)22)12-4-8(6)13-11(7)9(2-5)15(19)20/h1-4,13H. The summed E-state index contributed by atoms with van der Waals surface area (Å²) in [4.78, 5) is 36.8. The molecule has 22 heavy (non-hydrogen) atoms. The van der Waals surface area contributed by atoms with E-state index in [1.165, 1.54) is 0 Å². The lowest BCUT2D eigenvalue weighted by Crippen LogP contribution is -1.93. The van der Waals surface area contributed by atoms with Crippen molar-refractivity contribution in [2.24, 2.45) is 0 Å². The first-order chi connectivity index (χ1) is 10.4. The van der Waals surface area contributed by atoms with E-state index in [4.69, 9.17) is 0 Å². The SMILES string of the molecule is O=[N+]([O-])c1cc([N+](=O)[O-])c2[nH]c3cnc([N+](=O)[O-])cc3c2c1. The number of hydrogen-bond acceptors (Lipinski definition) is 7. The second-order valence-electron chi connectivity index (χ2n) is 4.37. The molecule has 11 heteroatoms. The van der Waals surface area contributed by atoms with Crippen LogP contribution < -0.4 is 0 Å². The van der Waals surface area contributed by atoms with E-state index >= 15 is 0 Å². The molecule has 0 saturated heterocycles. The van der Waals surface area contributed by atoms with Crippen LogP contribution in [0.4, 0.5) is 17.2 Å². The monoisotopic (exact) mass is 303 g/mol. The predicted molar refractivity (Wildman–Crippen MR) is 73.6 cm³/mol. The first-order valence-corrected chi connectivity index (χ1v) is 5.77. The number of nitro benzene ring substituents is 2. The number of aromatic amines is 1. The van der Waals surface area contributed by atoms with E-state index < -0.39 is 32.0 Å². The van der Waals surface area contributed by atoms with E-state index in [2.05, 4.69) is 9.97 Å². The average molecular weight is 303 g/mol. The highest BCUT2D eigenvalue weighted by atomic mass is 16.6. The molecule has 2 aromatic heterocycles. The zero-order chi connectivity index (χ0) is 16.0. The molecule has 0 unspecified atom stereocenters. The molecule has 0 spiro atoms. The summed E-state index contributed by atoms with van der Waals surface area (Å²) in [7, 11) is 0. The van der Waals surface area contributed by atoms with Gasteiger partial charge in [-0.1, -0.05) is 0 Å². The number of benzene rings is 1. The minimum atomic E-state index is -0.763. The van der Waals surface area contributed by atoms with E-state index in [1.807, 2.05) is 0 Å². The molecular formula is C11H5N5O6. The zero-order valence-electron chi connectivity index (χ0n) is 10.5. The van der Waals surface area contributed by atoms with E-state index in [0.29, 0.717) is 5.52 Å². The van der Waals surface area contributed by atoms with Gasteiger partial charge in [0.15, 0.2) is 6.20 Å². The Morgan fingerprint density at radius 3 is 2.23 bits per heavy atom. The molecule has 0 saturated carbocycles. The molecule has 0 aliphatic heterocycles. The average Bonchev–Trinajstić information content (AvgIpc) is 2.83. The van der Waals surface area contributed by atoms with Crippen molar-refractivity contribution in [3.8, 4) is 0 Å². The van der Waals surface area contributed by atoms with Crippen molar-refractivity contribution < 1.29 is 14.8 Å². The van der Waals surface area contributed by atoms with Crippen molar-refractivity contribution in [1.29, 1.82) is 0 Å². The molecule has 0 fully saturated rings. The van der Waals surface area contributed by atoms with Gasteiger partial charge in [0.2, 0.25) is 0 Å². The van der Waals surface area contributed by atoms with Crippen LogP contribution in [0.2, 0.25) is 0 Å². The Labute approximate surface area is 119 Å². The van der Waals surface area contributed by atoms with E-state index in [-0.39, 0.29) is 16.3 Å². The normalized spacial score (nSPS) is 10.9. The topological polar surface area (TPSA) is 158 Å². The predicted octanol–water partition coefficient (Wildman–Crippen LogP) is 2.44. The van der Waals surface area contributed by atoms with Crippen LogP contribution in [0.3, 0.4) is 0 Å². The van der Waals surface area contributed by atoms with Gasteiger partial charge in [0, 0.05) is 22.9 Å². The Morgan fingerprint density at radius 1 is 0.909 bits per heavy atom. The molecular weight excluding hydrogens is 298 g/mol. The summed E-state index contributed by atoms with van der Waals surface area (Å²) in [6, 6.07) is 3.08. The highest BCUT2D eigenvalue weighted by molar-refractivity contribution is 6.11. The van der Waals surface area contributed by atoms with Gasteiger partial charge in [-0.05, 0) is 9.91 Å². The number of nitrogens with one attached hydrogen (secondary N) is 1. The molecule has 0 amide bonds. The lowest BCUT2D eigenvalue weighted by atomic mass is 10.1. The van der Waals surface area contributed by atoms with Gasteiger partial charge in [0.1, 0.15) is 5.52 Å². The molecule has 0 radical (unpaired) electrons. The van der Waals surface area contributed by atoms with Gasteiger partial charge in [-0.25, -0.2) is 0 Å². The first kappa shape index (κ1) is 13.4. The quantitative estimate of drug-likeness (QED) is 0.574. The minimum Gasteiger partial charge on any atom is -0.358 e. The molecule has 110 valence electrons. The Kier molecular flexibility index (Phi) is 2.70. The summed E-state index contributed by atoms with van der Waals surface area (Å²) in [5, 5.41) is 33.2. The maximum absolute atomic E-state index is 11.1. The maximum atomic E-state index is 11.1. The molecule has 11 nitrogen and oxygen atoms in total. The molecule has 1 aromatic carbocycles. The number of hydrogen-bond donors (Lipinski definition) is 1. The molecule has 0 aliphatic carbocycles. The highest BCUT2D eigenvalue weighted by Gasteiger charge is 2.23. The van der Waals surface area contributed by atoms with Crippen LogP contribution in [0.25, 0.3) is 21.8 Å². The molecule has 3 rings (SSSR count). The fraction of sp³-hybridized carbons (Fsp3) is 0. The number of pyridine rings is 1. The van der Waals surface area contributed by atoms with Crippen LogP contribution in [-0.4, -0.2) is 24.7 Å². The van der Waals surface area contributed by atoms with E-state index in [0.717, 1.165) is 24.4 Å². The van der Waals surface area contributed by atoms with Gasteiger partial charge in [0.25, 0.3) is 11.4 Å².